The first kappa shape index (κ1) is 16.4. The van der Waals surface area contributed by atoms with Gasteiger partial charge in [-0.2, -0.15) is 0 Å². The highest BCUT2D eigenvalue weighted by molar-refractivity contribution is 5.95. The van der Waals surface area contributed by atoms with Crippen LogP contribution in [0.25, 0.3) is 5.65 Å². The lowest BCUT2D eigenvalue weighted by Crippen LogP contribution is -2.49. The zero-order valence-corrected chi connectivity index (χ0v) is 14.9. The Labute approximate surface area is 151 Å². The smallest absolute Gasteiger partial charge is 0.272 e. The number of rotatable bonds is 3. The van der Waals surface area contributed by atoms with Gasteiger partial charge in [-0.1, -0.05) is 6.07 Å². The first-order valence-corrected chi connectivity index (χ1v) is 8.66. The van der Waals surface area contributed by atoms with E-state index in [0.29, 0.717) is 35.9 Å². The lowest BCUT2D eigenvalue weighted by atomic mass is 10.2. The summed E-state index contributed by atoms with van der Waals surface area (Å²) in [7, 11) is 1.61. The molecule has 26 heavy (non-hydrogen) atoms. The van der Waals surface area contributed by atoms with Crippen LogP contribution in [0.15, 0.2) is 42.7 Å². The Balaban J connectivity index is 1.56. The number of methoxy groups -OCH3 is 1. The molecule has 4 rings (SSSR count). The van der Waals surface area contributed by atoms with E-state index in [1.165, 1.54) is 0 Å². The van der Waals surface area contributed by atoms with Gasteiger partial charge in [0.1, 0.15) is 11.5 Å². The Morgan fingerprint density at radius 3 is 2.62 bits per heavy atom. The van der Waals surface area contributed by atoms with Gasteiger partial charge in [0, 0.05) is 38.6 Å². The van der Waals surface area contributed by atoms with E-state index < -0.39 is 0 Å². The quantitative estimate of drug-likeness (QED) is 0.722. The number of hydrogen-bond acceptors (Lipinski definition) is 5. The Morgan fingerprint density at radius 2 is 1.92 bits per heavy atom. The molecule has 134 valence electrons. The van der Waals surface area contributed by atoms with E-state index in [2.05, 4.69) is 14.9 Å². The van der Waals surface area contributed by atoms with Crippen molar-refractivity contribution in [2.75, 3.05) is 38.2 Å². The maximum absolute atomic E-state index is 13.1. The second-order valence-electron chi connectivity index (χ2n) is 6.28. The summed E-state index contributed by atoms with van der Waals surface area (Å²) >= 11 is 0. The van der Waals surface area contributed by atoms with Crippen LogP contribution in [-0.2, 0) is 0 Å². The van der Waals surface area contributed by atoms with E-state index in [-0.39, 0.29) is 5.91 Å². The van der Waals surface area contributed by atoms with Gasteiger partial charge in [0.15, 0.2) is 11.4 Å². The number of ether oxygens (including phenoxy) is 1. The molecule has 0 N–H and O–H groups in total. The van der Waals surface area contributed by atoms with Gasteiger partial charge in [-0.15, -0.1) is 0 Å². The molecule has 3 aromatic heterocycles. The number of carbonyl (C=O) groups is 1. The Bertz CT molecular complexity index is 930. The molecule has 0 saturated carbocycles. The molecule has 0 aromatic carbocycles. The lowest BCUT2D eigenvalue weighted by molar-refractivity contribution is 0.0738. The number of pyridine rings is 2. The van der Waals surface area contributed by atoms with Gasteiger partial charge in [0.25, 0.3) is 5.91 Å². The highest BCUT2D eigenvalue weighted by Crippen LogP contribution is 2.23. The molecule has 4 heterocycles. The number of aryl methyl sites for hydroxylation is 1. The molecule has 0 bridgehead atoms. The number of aromatic nitrogens is 3. The maximum atomic E-state index is 13.1. The molecular formula is C19H21N5O2. The molecular weight excluding hydrogens is 330 g/mol. The molecule has 0 unspecified atom stereocenters. The average molecular weight is 351 g/mol. The zero-order valence-electron chi connectivity index (χ0n) is 14.9. The maximum Gasteiger partial charge on any atom is 0.272 e. The van der Waals surface area contributed by atoms with Crippen molar-refractivity contribution < 1.29 is 9.53 Å². The summed E-state index contributed by atoms with van der Waals surface area (Å²) < 4.78 is 7.18. The minimum absolute atomic E-state index is 0.00363. The third kappa shape index (κ3) is 2.75. The number of amides is 1. The van der Waals surface area contributed by atoms with E-state index >= 15 is 0 Å². The molecule has 0 spiro atoms. The summed E-state index contributed by atoms with van der Waals surface area (Å²) in [6.07, 6.45) is 3.65. The molecule has 1 aliphatic heterocycles. The third-order valence-electron chi connectivity index (χ3n) is 4.75. The summed E-state index contributed by atoms with van der Waals surface area (Å²) in [6, 6.07) is 9.60. The Kier molecular flexibility index (Phi) is 4.20. The lowest BCUT2D eigenvalue weighted by Gasteiger charge is -2.35. The minimum Gasteiger partial charge on any atom is -0.493 e. The fourth-order valence-corrected chi connectivity index (χ4v) is 3.40. The van der Waals surface area contributed by atoms with E-state index in [9.17, 15) is 4.79 Å². The normalized spacial score (nSPS) is 14.7. The molecule has 1 fully saturated rings. The second kappa shape index (κ2) is 6.67. The molecule has 0 radical (unpaired) electrons. The standard InChI is InChI=1S/C19H21N5O2/c1-14-17(24-9-5-6-15(26-2)18(24)21-14)19(25)23-12-10-22(11-13-23)16-7-3-4-8-20-16/h3-9H,10-13H2,1-2H3. The molecule has 1 aliphatic rings. The number of carbonyl (C=O) groups excluding carboxylic acids is 1. The van der Waals surface area contributed by atoms with Crippen LogP contribution in [-0.4, -0.2) is 58.5 Å². The van der Waals surface area contributed by atoms with Crippen molar-refractivity contribution >= 4 is 17.4 Å². The molecule has 0 atom stereocenters. The summed E-state index contributed by atoms with van der Waals surface area (Å²) in [5.41, 5.74) is 1.99. The monoisotopic (exact) mass is 351 g/mol. The van der Waals surface area contributed by atoms with Crippen LogP contribution in [0.4, 0.5) is 5.82 Å². The number of piperazine rings is 1. The topological polar surface area (TPSA) is 63.0 Å². The van der Waals surface area contributed by atoms with Crippen LogP contribution in [0.2, 0.25) is 0 Å². The van der Waals surface area contributed by atoms with Gasteiger partial charge in [-0.3, -0.25) is 9.20 Å². The number of imidazole rings is 1. The van der Waals surface area contributed by atoms with Crippen LogP contribution in [0.1, 0.15) is 16.2 Å². The van der Waals surface area contributed by atoms with Gasteiger partial charge in [-0.05, 0) is 31.2 Å². The number of fused-ring (bicyclic) bond motifs is 1. The van der Waals surface area contributed by atoms with Crippen molar-refractivity contribution in [3.8, 4) is 5.75 Å². The minimum atomic E-state index is 0.00363. The SMILES string of the molecule is COc1cccn2c(C(=O)N3CCN(c4ccccn4)CC3)c(C)nc12. The molecule has 0 aliphatic carbocycles. The molecule has 3 aromatic rings. The third-order valence-corrected chi connectivity index (χ3v) is 4.75. The van der Waals surface area contributed by atoms with Crippen molar-refractivity contribution in [3.05, 3.63) is 54.1 Å². The Morgan fingerprint density at radius 1 is 1.12 bits per heavy atom. The van der Waals surface area contributed by atoms with Crippen molar-refractivity contribution in [1.29, 1.82) is 0 Å². The van der Waals surface area contributed by atoms with Gasteiger partial charge >= 0.3 is 0 Å². The Hall–Kier alpha value is -3.09. The van der Waals surface area contributed by atoms with E-state index in [0.717, 1.165) is 18.9 Å². The van der Waals surface area contributed by atoms with Crippen LogP contribution in [0.3, 0.4) is 0 Å². The van der Waals surface area contributed by atoms with Gasteiger partial charge in [-0.25, -0.2) is 9.97 Å². The average Bonchev–Trinajstić information content (AvgIpc) is 3.04. The molecule has 7 heteroatoms. The highest BCUT2D eigenvalue weighted by Gasteiger charge is 2.27. The summed E-state index contributed by atoms with van der Waals surface area (Å²) in [5, 5.41) is 0. The van der Waals surface area contributed by atoms with Crippen LogP contribution >= 0.6 is 0 Å². The van der Waals surface area contributed by atoms with Crippen LogP contribution < -0.4 is 9.64 Å². The first-order chi connectivity index (χ1) is 12.7. The van der Waals surface area contributed by atoms with Crippen molar-refractivity contribution in [2.45, 2.75) is 6.92 Å². The van der Waals surface area contributed by atoms with Crippen molar-refractivity contribution in [2.24, 2.45) is 0 Å². The predicted molar refractivity (Wildman–Crippen MR) is 98.8 cm³/mol. The predicted octanol–water partition coefficient (Wildman–Crippen LogP) is 2.01. The van der Waals surface area contributed by atoms with Gasteiger partial charge in [0.2, 0.25) is 0 Å². The fraction of sp³-hybridized carbons (Fsp3) is 0.316. The van der Waals surface area contributed by atoms with E-state index in [1.54, 1.807) is 13.3 Å². The summed E-state index contributed by atoms with van der Waals surface area (Å²) in [4.78, 5) is 26.1. The summed E-state index contributed by atoms with van der Waals surface area (Å²) in [6.45, 7) is 4.71. The zero-order chi connectivity index (χ0) is 18.1. The van der Waals surface area contributed by atoms with Crippen LogP contribution in [0, 0.1) is 6.92 Å². The number of anilines is 1. The molecule has 1 amide bonds. The number of nitrogens with zero attached hydrogens (tertiary/aromatic N) is 5. The van der Waals surface area contributed by atoms with Gasteiger partial charge in [0.05, 0.1) is 12.8 Å². The summed E-state index contributed by atoms with van der Waals surface area (Å²) in [5.74, 6) is 1.62. The van der Waals surface area contributed by atoms with E-state index in [4.69, 9.17) is 4.74 Å². The second-order valence-corrected chi connectivity index (χ2v) is 6.28. The van der Waals surface area contributed by atoms with Gasteiger partial charge < -0.3 is 14.5 Å². The van der Waals surface area contributed by atoms with Crippen molar-refractivity contribution in [3.63, 3.8) is 0 Å². The van der Waals surface area contributed by atoms with Crippen molar-refractivity contribution in [1.82, 2.24) is 19.3 Å². The first-order valence-electron chi connectivity index (χ1n) is 8.66. The molecule has 7 nitrogen and oxygen atoms in total. The fourth-order valence-electron chi connectivity index (χ4n) is 3.40. The number of hydrogen-bond donors (Lipinski definition) is 0. The molecule has 1 saturated heterocycles. The van der Waals surface area contributed by atoms with E-state index in [1.807, 2.05) is 52.8 Å². The largest absolute Gasteiger partial charge is 0.493 e. The van der Waals surface area contributed by atoms with Crippen LogP contribution in [0.5, 0.6) is 5.75 Å². The highest BCUT2D eigenvalue weighted by atomic mass is 16.5.